The lowest BCUT2D eigenvalue weighted by Crippen LogP contribution is -2.46. The number of rotatable bonds is 5. The molecule has 4 nitrogen and oxygen atoms in total. The third-order valence-corrected chi connectivity index (χ3v) is 3.94. The summed E-state index contributed by atoms with van der Waals surface area (Å²) >= 11 is 1.38. The topological polar surface area (TPSA) is 68.0 Å². The number of hydrogen-bond donors (Lipinski definition) is 2. The van der Waals surface area contributed by atoms with Crippen LogP contribution in [0.25, 0.3) is 0 Å². The first-order chi connectivity index (χ1) is 8.35. The van der Waals surface area contributed by atoms with Gasteiger partial charge >= 0.3 is 0 Å². The van der Waals surface area contributed by atoms with Crippen LogP contribution in [0.4, 0.5) is 5.69 Å². The summed E-state index contributed by atoms with van der Waals surface area (Å²) in [5.74, 6) is 0.0110. The molecule has 1 heterocycles. The zero-order valence-electron chi connectivity index (χ0n) is 11.4. The number of pyridine rings is 1. The summed E-state index contributed by atoms with van der Waals surface area (Å²) in [5, 5.41) is 3.51. The maximum absolute atomic E-state index is 12.0. The van der Waals surface area contributed by atoms with Gasteiger partial charge in [-0.05, 0) is 39.3 Å². The molecule has 0 spiro atoms. The number of anilines is 1. The van der Waals surface area contributed by atoms with Crippen molar-refractivity contribution < 1.29 is 4.79 Å². The van der Waals surface area contributed by atoms with E-state index in [0.717, 1.165) is 6.42 Å². The van der Waals surface area contributed by atoms with E-state index < -0.39 is 0 Å². The summed E-state index contributed by atoms with van der Waals surface area (Å²) < 4.78 is 0. The van der Waals surface area contributed by atoms with Gasteiger partial charge in [-0.25, -0.2) is 4.98 Å². The molecule has 0 radical (unpaired) electrons. The third kappa shape index (κ3) is 4.22. The second-order valence-electron chi connectivity index (χ2n) is 4.88. The van der Waals surface area contributed by atoms with Gasteiger partial charge in [-0.1, -0.05) is 18.7 Å². The van der Waals surface area contributed by atoms with Crippen LogP contribution in [0.1, 0.15) is 34.1 Å². The van der Waals surface area contributed by atoms with E-state index in [9.17, 15) is 4.79 Å². The third-order valence-electron chi connectivity index (χ3n) is 2.80. The highest BCUT2D eigenvalue weighted by molar-refractivity contribution is 8.00. The van der Waals surface area contributed by atoms with Crippen LogP contribution < -0.4 is 11.1 Å². The highest BCUT2D eigenvalue weighted by atomic mass is 32.2. The second-order valence-corrected chi connectivity index (χ2v) is 6.21. The van der Waals surface area contributed by atoms with Crippen LogP contribution in [0.2, 0.25) is 0 Å². The Hall–Kier alpha value is -1.23. The lowest BCUT2D eigenvalue weighted by Gasteiger charge is -2.26. The van der Waals surface area contributed by atoms with Gasteiger partial charge in [-0.2, -0.15) is 0 Å². The number of carbonyl (C=O) groups is 1. The van der Waals surface area contributed by atoms with E-state index in [1.807, 2.05) is 20.8 Å². The number of thioether (sulfide) groups is 1. The highest BCUT2D eigenvalue weighted by Gasteiger charge is 2.23. The molecule has 1 atom stereocenters. The number of nitrogen functional groups attached to an aromatic ring is 1. The standard InChI is InChI=1S/C13H21N3OS/c1-5-13(3,4)16-11(17)9(2)18-12-10(14)7-6-8-15-12/h6-9H,5,14H2,1-4H3,(H,16,17). The SMILES string of the molecule is CCC(C)(C)NC(=O)C(C)Sc1ncccc1N. The number of nitrogens with zero attached hydrogens (tertiary/aromatic N) is 1. The molecular weight excluding hydrogens is 246 g/mol. The summed E-state index contributed by atoms with van der Waals surface area (Å²) in [7, 11) is 0. The lowest BCUT2D eigenvalue weighted by atomic mass is 10.0. The van der Waals surface area contributed by atoms with Crippen molar-refractivity contribution in [1.82, 2.24) is 10.3 Å². The Morgan fingerprint density at radius 3 is 2.83 bits per heavy atom. The molecule has 0 aliphatic rings. The number of nitrogens with one attached hydrogen (secondary N) is 1. The van der Waals surface area contributed by atoms with Gasteiger partial charge < -0.3 is 11.1 Å². The number of hydrogen-bond acceptors (Lipinski definition) is 4. The van der Waals surface area contributed by atoms with Crippen molar-refractivity contribution in [2.24, 2.45) is 0 Å². The molecule has 0 saturated heterocycles. The maximum Gasteiger partial charge on any atom is 0.233 e. The van der Waals surface area contributed by atoms with Crippen LogP contribution in [0, 0.1) is 0 Å². The molecule has 0 aromatic carbocycles. The minimum absolute atomic E-state index is 0.0110. The number of amides is 1. The zero-order valence-corrected chi connectivity index (χ0v) is 12.2. The van der Waals surface area contributed by atoms with Crippen LogP contribution in [0.5, 0.6) is 0 Å². The molecular formula is C13H21N3OS. The Morgan fingerprint density at radius 1 is 1.61 bits per heavy atom. The Bertz CT molecular complexity index is 420. The summed E-state index contributed by atoms with van der Waals surface area (Å²) in [4.78, 5) is 16.2. The summed E-state index contributed by atoms with van der Waals surface area (Å²) in [5.41, 5.74) is 6.24. The summed E-state index contributed by atoms with van der Waals surface area (Å²) in [6.45, 7) is 7.93. The number of aromatic nitrogens is 1. The van der Waals surface area contributed by atoms with Crippen LogP contribution in [0.15, 0.2) is 23.4 Å². The van der Waals surface area contributed by atoms with Crippen LogP contribution in [0.3, 0.4) is 0 Å². The predicted octanol–water partition coefficient (Wildman–Crippen LogP) is 2.45. The average molecular weight is 267 g/mol. The Balaban J connectivity index is 2.63. The van der Waals surface area contributed by atoms with E-state index in [1.54, 1.807) is 18.3 Å². The van der Waals surface area contributed by atoms with Crippen molar-refractivity contribution in [2.45, 2.75) is 49.9 Å². The van der Waals surface area contributed by atoms with Crippen molar-refractivity contribution in [3.63, 3.8) is 0 Å². The molecule has 5 heteroatoms. The van der Waals surface area contributed by atoms with Gasteiger partial charge in [0.15, 0.2) is 0 Å². The van der Waals surface area contributed by atoms with Crippen molar-refractivity contribution in [3.8, 4) is 0 Å². The monoisotopic (exact) mass is 267 g/mol. The molecule has 1 aromatic rings. The first-order valence-electron chi connectivity index (χ1n) is 6.05. The molecule has 18 heavy (non-hydrogen) atoms. The van der Waals surface area contributed by atoms with E-state index >= 15 is 0 Å². The molecule has 3 N–H and O–H groups in total. The fraction of sp³-hybridized carbons (Fsp3) is 0.538. The van der Waals surface area contributed by atoms with E-state index in [0.29, 0.717) is 10.7 Å². The van der Waals surface area contributed by atoms with E-state index in [-0.39, 0.29) is 16.7 Å². The van der Waals surface area contributed by atoms with Gasteiger partial charge in [0.25, 0.3) is 0 Å². The maximum atomic E-state index is 12.0. The van der Waals surface area contributed by atoms with Gasteiger partial charge in [0.2, 0.25) is 5.91 Å². The van der Waals surface area contributed by atoms with Crippen LogP contribution in [-0.2, 0) is 4.79 Å². The summed E-state index contributed by atoms with van der Waals surface area (Å²) in [6.07, 6.45) is 2.57. The molecule has 0 bridgehead atoms. The van der Waals surface area contributed by atoms with E-state index in [4.69, 9.17) is 5.73 Å². The first kappa shape index (κ1) is 14.8. The molecule has 1 aromatic heterocycles. The number of nitrogens with two attached hydrogens (primary N) is 1. The molecule has 1 unspecified atom stereocenters. The second kappa shape index (κ2) is 6.09. The fourth-order valence-corrected chi connectivity index (χ4v) is 2.07. The largest absolute Gasteiger partial charge is 0.397 e. The Kier molecular flexibility index (Phi) is 5.02. The van der Waals surface area contributed by atoms with Gasteiger partial charge in [0, 0.05) is 11.7 Å². The highest BCUT2D eigenvalue weighted by Crippen LogP contribution is 2.26. The van der Waals surface area contributed by atoms with E-state index in [2.05, 4.69) is 17.2 Å². The predicted molar refractivity (Wildman–Crippen MR) is 76.5 cm³/mol. The molecule has 0 aliphatic heterocycles. The molecule has 0 fully saturated rings. The average Bonchev–Trinajstić information content (AvgIpc) is 2.31. The minimum Gasteiger partial charge on any atom is -0.397 e. The first-order valence-corrected chi connectivity index (χ1v) is 6.93. The number of carbonyl (C=O) groups excluding carboxylic acids is 1. The fourth-order valence-electron chi connectivity index (χ4n) is 1.25. The lowest BCUT2D eigenvalue weighted by molar-refractivity contribution is -0.121. The van der Waals surface area contributed by atoms with Crippen LogP contribution in [-0.4, -0.2) is 21.7 Å². The molecule has 0 aliphatic carbocycles. The van der Waals surface area contributed by atoms with Gasteiger partial charge in [0.05, 0.1) is 10.9 Å². The minimum atomic E-state index is -0.215. The van der Waals surface area contributed by atoms with Crippen molar-refractivity contribution in [1.29, 1.82) is 0 Å². The Morgan fingerprint density at radius 2 is 2.28 bits per heavy atom. The van der Waals surface area contributed by atoms with E-state index in [1.165, 1.54) is 11.8 Å². The van der Waals surface area contributed by atoms with Crippen molar-refractivity contribution in [2.75, 3.05) is 5.73 Å². The summed E-state index contributed by atoms with van der Waals surface area (Å²) in [6, 6.07) is 3.57. The quantitative estimate of drug-likeness (QED) is 0.804. The van der Waals surface area contributed by atoms with Gasteiger partial charge in [-0.3, -0.25) is 4.79 Å². The van der Waals surface area contributed by atoms with Crippen molar-refractivity contribution >= 4 is 23.4 Å². The Labute approximate surface area is 113 Å². The van der Waals surface area contributed by atoms with Gasteiger partial charge in [0.1, 0.15) is 5.03 Å². The molecule has 1 amide bonds. The zero-order chi connectivity index (χ0) is 13.8. The van der Waals surface area contributed by atoms with Crippen LogP contribution >= 0.6 is 11.8 Å². The normalized spacial score (nSPS) is 13.1. The van der Waals surface area contributed by atoms with Gasteiger partial charge in [-0.15, -0.1) is 0 Å². The van der Waals surface area contributed by atoms with Crippen molar-refractivity contribution in [3.05, 3.63) is 18.3 Å². The molecule has 100 valence electrons. The molecule has 0 saturated carbocycles. The smallest absolute Gasteiger partial charge is 0.233 e. The molecule has 1 rings (SSSR count).